The number of hydrogen-bond acceptors (Lipinski definition) is 6. The van der Waals surface area contributed by atoms with E-state index in [0.29, 0.717) is 24.0 Å². The van der Waals surface area contributed by atoms with Crippen molar-refractivity contribution < 1.29 is 28.3 Å². The zero-order chi connectivity index (χ0) is 33.9. The second kappa shape index (κ2) is 13.3. The molecule has 3 heterocycles. The van der Waals surface area contributed by atoms with Crippen LogP contribution in [0.3, 0.4) is 0 Å². The first-order valence-electron chi connectivity index (χ1n) is 17.9. The molecule has 3 N–H and O–H groups in total. The Labute approximate surface area is 276 Å². The summed E-state index contributed by atoms with van der Waals surface area (Å²) in [5.74, 6) is 1.13. The SMILES string of the molecule is C[C@@H](O[Si](C)(C)C(C)(C)C)[C@H]1C(=O)N[C@@H]1[C@H]1CCC[C@H]2O[C@@H]12.C[C@H]1CCC[C@H]([C@H]2NC(=O)[C@@H]2[C@@H](C)O[Si](C)(C)C(C)(C)C)[C@@H]1O. The van der Waals surface area contributed by atoms with E-state index in [4.69, 9.17) is 13.6 Å². The third-order valence-corrected chi connectivity index (χ3v) is 21.9. The van der Waals surface area contributed by atoms with Gasteiger partial charge in [-0.3, -0.25) is 9.59 Å². The van der Waals surface area contributed by atoms with E-state index in [9.17, 15) is 14.7 Å². The summed E-state index contributed by atoms with van der Waals surface area (Å²) < 4.78 is 18.7. The number of ether oxygens (including phenoxy) is 1. The van der Waals surface area contributed by atoms with Crippen LogP contribution in [0.25, 0.3) is 0 Å². The third-order valence-electron chi connectivity index (χ3n) is 12.8. The van der Waals surface area contributed by atoms with Gasteiger partial charge in [-0.1, -0.05) is 61.3 Å². The Morgan fingerprint density at radius 1 is 0.756 bits per heavy atom. The van der Waals surface area contributed by atoms with Crippen LogP contribution in [0.5, 0.6) is 0 Å². The van der Waals surface area contributed by atoms with Gasteiger partial charge in [0.1, 0.15) is 0 Å². The molecule has 12 atom stereocenters. The molecule has 0 aromatic heterocycles. The van der Waals surface area contributed by atoms with Crippen molar-refractivity contribution in [1.82, 2.24) is 10.6 Å². The monoisotopic (exact) mass is 666 g/mol. The third kappa shape index (κ3) is 7.77. The number of carbonyl (C=O) groups excluding carboxylic acids is 2. The number of rotatable bonds is 8. The van der Waals surface area contributed by atoms with E-state index in [-0.39, 0.29) is 70.0 Å². The summed E-state index contributed by atoms with van der Waals surface area (Å²) in [4.78, 5) is 24.4. The molecule has 3 aliphatic heterocycles. The molecule has 5 aliphatic rings. The molecule has 2 saturated carbocycles. The fourth-order valence-electron chi connectivity index (χ4n) is 7.72. The molecule has 0 spiro atoms. The fraction of sp³-hybridized carbons (Fsp3) is 0.943. The number of amides is 2. The first kappa shape index (κ1) is 37.0. The highest BCUT2D eigenvalue weighted by atomic mass is 28.4. The summed E-state index contributed by atoms with van der Waals surface area (Å²) in [5.41, 5.74) is 0. The van der Waals surface area contributed by atoms with Gasteiger partial charge in [-0.2, -0.15) is 0 Å². The highest BCUT2D eigenvalue weighted by molar-refractivity contribution is 6.74. The van der Waals surface area contributed by atoms with E-state index in [2.05, 4.69) is 92.2 Å². The van der Waals surface area contributed by atoms with Gasteiger partial charge in [-0.05, 0) is 81.7 Å². The summed E-state index contributed by atoms with van der Waals surface area (Å²) in [6, 6.07) is 0.322. The lowest BCUT2D eigenvalue weighted by Gasteiger charge is -2.50. The number of aliphatic hydroxyl groups excluding tert-OH is 1. The number of nitrogens with one attached hydrogen (secondary N) is 2. The van der Waals surface area contributed by atoms with E-state index < -0.39 is 16.6 Å². The van der Waals surface area contributed by atoms with E-state index in [1.54, 1.807) is 0 Å². The Hall–Kier alpha value is -0.786. The molecule has 2 aliphatic carbocycles. The van der Waals surface area contributed by atoms with Crippen molar-refractivity contribution in [2.45, 2.75) is 180 Å². The van der Waals surface area contributed by atoms with Crippen LogP contribution in [0, 0.1) is 29.6 Å². The minimum absolute atomic E-state index is 0.00114. The lowest BCUT2D eigenvalue weighted by molar-refractivity contribution is -0.146. The number of β-lactam (4-membered cyclic amide) rings is 2. The average molecular weight is 667 g/mol. The van der Waals surface area contributed by atoms with Crippen LogP contribution < -0.4 is 10.6 Å². The van der Waals surface area contributed by atoms with Crippen molar-refractivity contribution in [1.29, 1.82) is 0 Å². The largest absolute Gasteiger partial charge is 0.413 e. The molecule has 5 rings (SSSR count). The fourth-order valence-corrected chi connectivity index (χ4v) is 10.6. The predicted octanol–water partition coefficient (Wildman–Crippen LogP) is 6.39. The summed E-state index contributed by atoms with van der Waals surface area (Å²) in [7, 11) is -3.73. The maximum absolute atomic E-state index is 12.2. The van der Waals surface area contributed by atoms with Gasteiger partial charge in [0.05, 0.1) is 42.4 Å². The molecule has 10 heteroatoms. The topological polar surface area (TPSA) is 109 Å². The van der Waals surface area contributed by atoms with Crippen LogP contribution in [-0.2, 0) is 23.2 Å². The summed E-state index contributed by atoms with van der Waals surface area (Å²) in [6.07, 6.45) is 7.28. The van der Waals surface area contributed by atoms with Crippen LogP contribution in [0.2, 0.25) is 36.3 Å². The van der Waals surface area contributed by atoms with Gasteiger partial charge in [0, 0.05) is 23.9 Å². The Morgan fingerprint density at radius 3 is 1.62 bits per heavy atom. The highest BCUT2D eigenvalue weighted by Crippen LogP contribution is 2.47. The minimum Gasteiger partial charge on any atom is -0.413 e. The minimum atomic E-state index is -1.89. The number of fused-ring (bicyclic) bond motifs is 1. The van der Waals surface area contributed by atoms with Crippen LogP contribution in [-0.4, -0.2) is 76.2 Å². The average Bonchev–Trinajstić information content (AvgIpc) is 3.66. The summed E-state index contributed by atoms with van der Waals surface area (Å²) in [5, 5.41) is 17.0. The predicted molar refractivity (Wildman–Crippen MR) is 185 cm³/mol. The van der Waals surface area contributed by atoms with Gasteiger partial charge in [0.25, 0.3) is 0 Å². The molecule has 5 fully saturated rings. The van der Waals surface area contributed by atoms with Crippen molar-refractivity contribution in [3.63, 3.8) is 0 Å². The lowest BCUT2D eigenvalue weighted by atomic mass is 9.68. The Balaban J connectivity index is 0.000000205. The molecule has 0 aromatic rings. The van der Waals surface area contributed by atoms with Crippen molar-refractivity contribution in [2.75, 3.05) is 0 Å². The van der Waals surface area contributed by atoms with E-state index in [1.807, 2.05) is 6.92 Å². The Morgan fingerprint density at radius 2 is 1.18 bits per heavy atom. The van der Waals surface area contributed by atoms with Crippen molar-refractivity contribution in [3.05, 3.63) is 0 Å². The van der Waals surface area contributed by atoms with Crippen LogP contribution in [0.4, 0.5) is 0 Å². The zero-order valence-electron chi connectivity index (χ0n) is 30.7. The molecule has 2 amide bonds. The van der Waals surface area contributed by atoms with Gasteiger partial charge in [0.2, 0.25) is 11.8 Å². The normalized spacial score (nSPS) is 38.3. The van der Waals surface area contributed by atoms with Gasteiger partial charge >= 0.3 is 0 Å². The molecule has 8 nitrogen and oxygen atoms in total. The molecular weight excluding hydrogens is 601 g/mol. The van der Waals surface area contributed by atoms with Crippen molar-refractivity contribution in [3.8, 4) is 0 Å². The second-order valence-corrected chi connectivity index (χ2v) is 27.6. The molecule has 0 bridgehead atoms. The highest BCUT2D eigenvalue weighted by Gasteiger charge is 2.58. The summed E-state index contributed by atoms with van der Waals surface area (Å²) in [6.45, 7) is 28.6. The molecule has 3 saturated heterocycles. The van der Waals surface area contributed by atoms with E-state index in [0.717, 1.165) is 19.3 Å². The molecule has 45 heavy (non-hydrogen) atoms. The van der Waals surface area contributed by atoms with E-state index >= 15 is 0 Å². The van der Waals surface area contributed by atoms with Crippen molar-refractivity contribution in [2.24, 2.45) is 29.6 Å². The number of epoxide rings is 1. The van der Waals surface area contributed by atoms with Crippen molar-refractivity contribution >= 4 is 28.4 Å². The summed E-state index contributed by atoms with van der Waals surface area (Å²) >= 11 is 0. The first-order chi connectivity index (χ1) is 20.6. The van der Waals surface area contributed by atoms with Gasteiger partial charge in [0.15, 0.2) is 16.6 Å². The first-order valence-corrected chi connectivity index (χ1v) is 23.7. The van der Waals surface area contributed by atoms with Gasteiger partial charge < -0.3 is 29.3 Å². The quantitative estimate of drug-likeness (QED) is 0.158. The Kier molecular flexibility index (Phi) is 10.9. The Bertz CT molecular complexity index is 1070. The second-order valence-electron chi connectivity index (χ2n) is 18.1. The maximum Gasteiger partial charge on any atom is 0.228 e. The zero-order valence-corrected chi connectivity index (χ0v) is 32.7. The van der Waals surface area contributed by atoms with Crippen LogP contribution in [0.1, 0.15) is 101 Å². The number of hydrogen-bond donors (Lipinski definition) is 3. The van der Waals surface area contributed by atoms with Gasteiger partial charge in [-0.25, -0.2) is 0 Å². The molecule has 0 radical (unpaired) electrons. The molecule has 0 unspecified atom stereocenters. The molecule has 0 aromatic carbocycles. The van der Waals surface area contributed by atoms with Gasteiger partial charge in [-0.15, -0.1) is 0 Å². The van der Waals surface area contributed by atoms with E-state index in [1.165, 1.54) is 19.3 Å². The maximum atomic E-state index is 12.2. The molecular formula is C35H66N2O6Si2. The van der Waals surface area contributed by atoms with Crippen LogP contribution in [0.15, 0.2) is 0 Å². The smallest absolute Gasteiger partial charge is 0.228 e. The number of carbonyl (C=O) groups is 2. The standard InChI is InChI=1S/C18H35NO3Si.C17H31NO3Si/c1-11-9-8-10-13(16(11)20)15-14(17(21)19-15)12(2)22-23(6,7)18(3,4)5;1-10(21-22(5,6)17(2,3)4)13-14(18-16(13)19)11-8-7-9-12-15(11)20-12/h11-16,20H,8-10H2,1-7H3,(H,19,21);10-15H,7-9H2,1-6H3,(H,18,19)/t11-,12+,13+,14+,15+,16+;10-,11-,12-,13-,14-,15+/m01/s1. The van der Waals surface area contributed by atoms with Crippen LogP contribution >= 0.6 is 0 Å². The number of aliphatic hydroxyl groups is 1. The molecule has 260 valence electrons. The lowest BCUT2D eigenvalue weighted by Crippen LogP contribution is -2.68.